The first kappa shape index (κ1) is 28.8. The number of hydrogen-bond donors (Lipinski definition) is 3. The Morgan fingerprint density at radius 3 is 2.39 bits per heavy atom. The predicted octanol–water partition coefficient (Wildman–Crippen LogP) is 6.24. The highest BCUT2D eigenvalue weighted by Crippen LogP contribution is 2.35. The number of anilines is 1. The van der Waals surface area contributed by atoms with Gasteiger partial charge in [0, 0.05) is 48.2 Å². The number of benzene rings is 2. The van der Waals surface area contributed by atoms with Crippen LogP contribution >= 0.6 is 0 Å². The Hall–Kier alpha value is -3.71. The SMILES string of the molecule is CC(C)CN1CCC(Oc2ccc(C(=N)c3cc(C(=O)N[C@H](c4ccccn4)C4CCCC4)ccc3N)cc2)CC1. The summed E-state index contributed by atoms with van der Waals surface area (Å²) in [6.45, 7) is 7.80. The lowest BCUT2D eigenvalue weighted by Gasteiger charge is -2.33. The number of pyridine rings is 1. The number of nitrogens with two attached hydrogens (primary N) is 1. The zero-order valence-electron chi connectivity index (χ0n) is 24.3. The summed E-state index contributed by atoms with van der Waals surface area (Å²) in [5, 5.41) is 12.1. The Morgan fingerprint density at radius 2 is 1.73 bits per heavy atom. The summed E-state index contributed by atoms with van der Waals surface area (Å²) in [6, 6.07) is 18.5. The van der Waals surface area contributed by atoms with E-state index in [-0.39, 0.29) is 23.8 Å². The van der Waals surface area contributed by atoms with Gasteiger partial charge in [-0.1, -0.05) is 32.8 Å². The molecule has 2 aromatic carbocycles. The predicted molar refractivity (Wildman–Crippen MR) is 165 cm³/mol. The van der Waals surface area contributed by atoms with Gasteiger partial charge in [-0.3, -0.25) is 15.2 Å². The number of aromatic nitrogens is 1. The Kier molecular flexibility index (Phi) is 9.35. The largest absolute Gasteiger partial charge is 0.490 e. The molecule has 1 saturated carbocycles. The molecule has 0 unspecified atom stereocenters. The molecule has 7 nitrogen and oxygen atoms in total. The van der Waals surface area contributed by atoms with Crippen LogP contribution in [0, 0.1) is 17.2 Å². The Balaban J connectivity index is 1.24. The van der Waals surface area contributed by atoms with E-state index in [1.165, 1.54) is 12.8 Å². The molecule has 5 rings (SSSR count). The first-order chi connectivity index (χ1) is 19.9. The molecule has 2 heterocycles. The lowest BCUT2D eigenvalue weighted by atomic mass is 9.94. The fourth-order valence-electron chi connectivity index (χ4n) is 6.20. The first-order valence-electron chi connectivity index (χ1n) is 15.1. The van der Waals surface area contributed by atoms with Crippen molar-refractivity contribution in [1.29, 1.82) is 5.41 Å². The molecule has 1 aromatic heterocycles. The van der Waals surface area contributed by atoms with Crippen LogP contribution in [0.1, 0.15) is 85.6 Å². The summed E-state index contributed by atoms with van der Waals surface area (Å²) in [5.74, 6) is 1.69. The zero-order valence-corrected chi connectivity index (χ0v) is 24.3. The van der Waals surface area contributed by atoms with E-state index in [1.54, 1.807) is 24.4 Å². The normalized spacial score (nSPS) is 17.4. The summed E-state index contributed by atoms with van der Waals surface area (Å²) in [7, 11) is 0. The van der Waals surface area contributed by atoms with Crippen LogP contribution in [0.3, 0.4) is 0 Å². The number of rotatable bonds is 10. The fraction of sp³-hybridized carbons (Fsp3) is 0.441. The van der Waals surface area contributed by atoms with E-state index in [0.717, 1.165) is 62.3 Å². The van der Waals surface area contributed by atoms with Crippen LogP contribution < -0.4 is 15.8 Å². The molecule has 4 N–H and O–H groups in total. The van der Waals surface area contributed by atoms with Gasteiger partial charge < -0.3 is 20.7 Å². The molecule has 1 atom stereocenters. The lowest BCUT2D eigenvalue weighted by Crippen LogP contribution is -2.39. The van der Waals surface area contributed by atoms with E-state index in [1.807, 2.05) is 42.5 Å². The molecule has 0 bridgehead atoms. The molecular weight excluding hydrogens is 510 g/mol. The standard InChI is InChI=1S/C34H43N5O2/c1-23(2)22-39-19-16-28(17-20-39)41-27-13-10-24(11-14-27)32(36)29-21-26(12-15-30(29)35)34(40)38-33(25-7-3-4-8-25)31-9-5-6-18-37-31/h5-6,9-15,18,21,23,25,28,33,36H,3-4,7-8,16-17,19-20,22,35H2,1-2H3,(H,38,40)/t33-/m0/s1. The maximum atomic E-state index is 13.4. The zero-order chi connectivity index (χ0) is 28.8. The van der Waals surface area contributed by atoms with Gasteiger partial charge in [0.2, 0.25) is 0 Å². The number of nitrogens with one attached hydrogen (secondary N) is 2. The highest BCUT2D eigenvalue weighted by Gasteiger charge is 2.29. The van der Waals surface area contributed by atoms with Gasteiger partial charge in [-0.05, 0) is 92.1 Å². The van der Waals surface area contributed by atoms with Gasteiger partial charge in [-0.2, -0.15) is 0 Å². The van der Waals surface area contributed by atoms with Crippen molar-refractivity contribution in [2.45, 2.75) is 64.5 Å². The van der Waals surface area contributed by atoms with Crippen molar-refractivity contribution in [3.63, 3.8) is 0 Å². The van der Waals surface area contributed by atoms with E-state index in [9.17, 15) is 4.79 Å². The van der Waals surface area contributed by atoms with E-state index in [4.69, 9.17) is 15.9 Å². The molecule has 2 fully saturated rings. The van der Waals surface area contributed by atoms with Gasteiger partial charge in [0.05, 0.1) is 17.4 Å². The number of likely N-dealkylation sites (tertiary alicyclic amines) is 1. The molecule has 41 heavy (non-hydrogen) atoms. The van der Waals surface area contributed by atoms with Crippen molar-refractivity contribution in [3.8, 4) is 5.75 Å². The second-order valence-electron chi connectivity index (χ2n) is 12.0. The third-order valence-electron chi connectivity index (χ3n) is 8.35. The Morgan fingerprint density at radius 1 is 1.02 bits per heavy atom. The minimum absolute atomic E-state index is 0.137. The van der Waals surface area contributed by atoms with Crippen LogP contribution in [0.2, 0.25) is 0 Å². The van der Waals surface area contributed by atoms with Gasteiger partial charge in [0.25, 0.3) is 5.91 Å². The van der Waals surface area contributed by atoms with Gasteiger partial charge >= 0.3 is 0 Å². The summed E-state index contributed by atoms with van der Waals surface area (Å²) >= 11 is 0. The molecule has 2 aliphatic rings. The minimum atomic E-state index is -0.176. The molecule has 1 aliphatic heterocycles. The third kappa shape index (κ3) is 7.33. The highest BCUT2D eigenvalue weighted by molar-refractivity contribution is 6.14. The number of carbonyl (C=O) groups is 1. The van der Waals surface area contributed by atoms with E-state index >= 15 is 0 Å². The number of nitrogens with zero attached hydrogens (tertiary/aromatic N) is 2. The third-order valence-corrected chi connectivity index (χ3v) is 8.35. The molecule has 1 amide bonds. The van der Waals surface area contributed by atoms with Crippen molar-refractivity contribution in [3.05, 3.63) is 89.2 Å². The van der Waals surface area contributed by atoms with Crippen molar-refractivity contribution in [2.75, 3.05) is 25.4 Å². The number of piperidine rings is 1. The number of hydrogen-bond acceptors (Lipinski definition) is 6. The first-order valence-corrected chi connectivity index (χ1v) is 15.1. The van der Waals surface area contributed by atoms with Gasteiger partial charge in [-0.15, -0.1) is 0 Å². The van der Waals surface area contributed by atoms with Crippen LogP contribution in [0.5, 0.6) is 5.75 Å². The maximum absolute atomic E-state index is 13.4. The minimum Gasteiger partial charge on any atom is -0.490 e. The molecule has 216 valence electrons. The maximum Gasteiger partial charge on any atom is 0.251 e. The average molecular weight is 554 g/mol. The number of ether oxygens (including phenoxy) is 1. The lowest BCUT2D eigenvalue weighted by molar-refractivity contribution is 0.0920. The summed E-state index contributed by atoms with van der Waals surface area (Å²) in [5.41, 5.74) is 9.70. The van der Waals surface area contributed by atoms with E-state index < -0.39 is 0 Å². The molecule has 1 aliphatic carbocycles. The van der Waals surface area contributed by atoms with Crippen LogP contribution in [0.25, 0.3) is 0 Å². The van der Waals surface area contributed by atoms with Crippen LogP contribution in [-0.2, 0) is 0 Å². The second kappa shape index (κ2) is 13.3. The Labute approximate surface area is 244 Å². The van der Waals surface area contributed by atoms with Gasteiger partial charge in [-0.25, -0.2) is 0 Å². The fourth-order valence-corrected chi connectivity index (χ4v) is 6.20. The quantitative estimate of drug-likeness (QED) is 0.204. The van der Waals surface area contributed by atoms with Crippen molar-refractivity contribution in [2.24, 2.45) is 11.8 Å². The highest BCUT2D eigenvalue weighted by atomic mass is 16.5. The molecule has 1 saturated heterocycles. The van der Waals surface area contributed by atoms with Crippen LogP contribution in [-0.4, -0.2) is 47.2 Å². The summed E-state index contributed by atoms with van der Waals surface area (Å²) in [4.78, 5) is 20.5. The van der Waals surface area contributed by atoms with Crippen LogP contribution in [0.15, 0.2) is 66.9 Å². The van der Waals surface area contributed by atoms with E-state index in [0.29, 0.717) is 28.7 Å². The van der Waals surface area contributed by atoms with Gasteiger partial charge in [0.15, 0.2) is 0 Å². The summed E-state index contributed by atoms with van der Waals surface area (Å²) in [6.07, 6.45) is 8.55. The number of nitrogen functional groups attached to an aromatic ring is 1. The summed E-state index contributed by atoms with van der Waals surface area (Å²) < 4.78 is 6.26. The average Bonchev–Trinajstić information content (AvgIpc) is 3.52. The second-order valence-corrected chi connectivity index (χ2v) is 12.0. The van der Waals surface area contributed by atoms with Crippen molar-refractivity contribution < 1.29 is 9.53 Å². The number of carbonyl (C=O) groups excluding carboxylic acids is 1. The Bertz CT molecular complexity index is 1310. The van der Waals surface area contributed by atoms with Crippen LogP contribution in [0.4, 0.5) is 5.69 Å². The van der Waals surface area contributed by atoms with Gasteiger partial charge in [0.1, 0.15) is 11.9 Å². The number of amides is 1. The molecular formula is C34H43N5O2. The monoisotopic (exact) mass is 553 g/mol. The molecule has 0 radical (unpaired) electrons. The molecule has 3 aromatic rings. The van der Waals surface area contributed by atoms with Crippen molar-refractivity contribution >= 4 is 17.3 Å². The molecule has 0 spiro atoms. The smallest absolute Gasteiger partial charge is 0.251 e. The van der Waals surface area contributed by atoms with E-state index in [2.05, 4.69) is 29.0 Å². The van der Waals surface area contributed by atoms with Crippen molar-refractivity contribution in [1.82, 2.24) is 15.2 Å². The topological polar surface area (TPSA) is 104 Å². The molecule has 7 heteroatoms.